The van der Waals surface area contributed by atoms with Crippen LogP contribution in [-0.4, -0.2) is 42.7 Å². The normalized spacial score (nSPS) is 13.0. The highest BCUT2D eigenvalue weighted by Crippen LogP contribution is 2.33. The van der Waals surface area contributed by atoms with Gasteiger partial charge in [-0.1, -0.05) is 41.6 Å². The monoisotopic (exact) mass is 506 g/mol. The lowest BCUT2D eigenvalue weighted by molar-refractivity contribution is 0.0965. The molecular weight excluding hydrogens is 484 g/mol. The zero-order chi connectivity index (χ0) is 25.9. The van der Waals surface area contributed by atoms with Gasteiger partial charge in [-0.25, -0.2) is 9.97 Å². The van der Waals surface area contributed by atoms with E-state index in [0.29, 0.717) is 52.2 Å². The molecule has 0 radical (unpaired) electrons. The van der Waals surface area contributed by atoms with Crippen molar-refractivity contribution in [1.82, 2.24) is 30.4 Å². The first kappa shape index (κ1) is 23.3. The third kappa shape index (κ3) is 4.65. The molecular formula is C27H22N8O3. The molecule has 1 aliphatic heterocycles. The number of rotatable bonds is 8. The predicted molar refractivity (Wildman–Crippen MR) is 139 cm³/mol. The fraction of sp³-hybridized carbons (Fsp3) is 0.111. The van der Waals surface area contributed by atoms with Gasteiger partial charge in [0.05, 0.1) is 41.7 Å². The van der Waals surface area contributed by atoms with Crippen molar-refractivity contribution >= 4 is 23.2 Å². The summed E-state index contributed by atoms with van der Waals surface area (Å²) in [4.78, 5) is 29.7. The molecule has 4 aromatic heterocycles. The molecule has 6 rings (SSSR count). The van der Waals surface area contributed by atoms with Crippen LogP contribution in [0.15, 0.2) is 83.6 Å². The molecule has 4 N–H and O–H groups in total. The van der Waals surface area contributed by atoms with E-state index in [9.17, 15) is 9.90 Å². The maximum atomic E-state index is 11.9. The van der Waals surface area contributed by atoms with E-state index in [1.807, 2.05) is 42.5 Å². The molecule has 0 bridgehead atoms. The van der Waals surface area contributed by atoms with Gasteiger partial charge in [0.15, 0.2) is 0 Å². The average Bonchev–Trinajstić information content (AvgIpc) is 3.60. The first-order valence-electron chi connectivity index (χ1n) is 11.9. The van der Waals surface area contributed by atoms with Gasteiger partial charge in [-0.05, 0) is 29.8 Å². The van der Waals surface area contributed by atoms with E-state index >= 15 is 0 Å². The molecule has 38 heavy (non-hydrogen) atoms. The Balaban J connectivity index is 1.35. The Bertz CT molecular complexity index is 1590. The van der Waals surface area contributed by atoms with Crippen molar-refractivity contribution < 1.29 is 14.4 Å². The van der Waals surface area contributed by atoms with E-state index in [-0.39, 0.29) is 18.4 Å². The second-order valence-electron chi connectivity index (χ2n) is 8.54. The zero-order valence-electron chi connectivity index (χ0n) is 20.0. The molecule has 1 aromatic carbocycles. The number of nitrogens with one attached hydrogen (secondary N) is 3. The first-order valence-corrected chi connectivity index (χ1v) is 11.9. The van der Waals surface area contributed by atoms with E-state index < -0.39 is 6.04 Å². The highest BCUT2D eigenvalue weighted by molar-refractivity contribution is 5.98. The molecule has 11 heteroatoms. The Morgan fingerprint density at radius 3 is 2.66 bits per heavy atom. The second-order valence-corrected chi connectivity index (χ2v) is 8.54. The number of benzene rings is 1. The van der Waals surface area contributed by atoms with Gasteiger partial charge in [0.1, 0.15) is 17.3 Å². The number of hydrogen-bond donors (Lipinski definition) is 4. The molecule has 1 amide bonds. The Morgan fingerprint density at radius 1 is 0.974 bits per heavy atom. The largest absolute Gasteiger partial charge is 0.394 e. The molecule has 188 valence electrons. The van der Waals surface area contributed by atoms with E-state index in [1.165, 1.54) is 0 Å². The highest BCUT2D eigenvalue weighted by atomic mass is 16.5. The molecule has 1 aliphatic rings. The Kier molecular flexibility index (Phi) is 6.16. The molecule has 0 fully saturated rings. The number of aliphatic hydroxyl groups is 1. The van der Waals surface area contributed by atoms with Crippen molar-refractivity contribution in [3.8, 4) is 23.0 Å². The molecule has 5 heterocycles. The summed E-state index contributed by atoms with van der Waals surface area (Å²) in [5.41, 5.74) is 3.89. The summed E-state index contributed by atoms with van der Waals surface area (Å²) in [6.45, 7) is 0.235. The minimum absolute atomic E-state index is 0.131. The molecule has 0 saturated carbocycles. The third-order valence-corrected chi connectivity index (χ3v) is 6.06. The van der Waals surface area contributed by atoms with Gasteiger partial charge in [0, 0.05) is 18.5 Å². The van der Waals surface area contributed by atoms with Crippen molar-refractivity contribution in [3.63, 3.8) is 0 Å². The van der Waals surface area contributed by atoms with Crippen molar-refractivity contribution in [2.24, 2.45) is 0 Å². The van der Waals surface area contributed by atoms with Crippen LogP contribution >= 0.6 is 0 Å². The first-order chi connectivity index (χ1) is 18.7. The Morgan fingerprint density at radius 2 is 1.84 bits per heavy atom. The van der Waals surface area contributed by atoms with Crippen molar-refractivity contribution in [1.29, 1.82) is 0 Å². The lowest BCUT2D eigenvalue weighted by atomic mass is 10.1. The topological polar surface area (TPSA) is 151 Å². The van der Waals surface area contributed by atoms with Crippen molar-refractivity contribution in [2.75, 3.05) is 17.2 Å². The van der Waals surface area contributed by atoms with Gasteiger partial charge >= 0.3 is 0 Å². The molecule has 0 saturated heterocycles. The number of fused-ring (bicyclic) bond motifs is 1. The Labute approximate surface area is 217 Å². The smallest absolute Gasteiger partial charge is 0.261 e. The second kappa shape index (κ2) is 10.1. The molecule has 0 unspecified atom stereocenters. The van der Waals surface area contributed by atoms with Gasteiger partial charge in [0.2, 0.25) is 5.82 Å². The standard InChI is InChI=1S/C27H22N8O3/c36-15-22(16-6-2-1-3-7-16)31-20-12-24(33-23-10-9-17-21(32-23)14-30-26(17)37)29-13-18(20)27-34-25(35-38-27)19-8-4-5-11-28-19/h1-13,22,36H,14-15H2,(H,30,37)(H2,29,31,32,33)/t22-/m1/s1. The molecule has 0 aliphatic carbocycles. The van der Waals surface area contributed by atoms with Crippen molar-refractivity contribution in [2.45, 2.75) is 12.6 Å². The number of nitrogens with zero attached hydrogens (tertiary/aromatic N) is 5. The van der Waals surface area contributed by atoms with E-state index in [1.54, 1.807) is 36.7 Å². The number of carbonyl (C=O) groups is 1. The van der Waals surface area contributed by atoms with Crippen LogP contribution in [0.25, 0.3) is 23.0 Å². The summed E-state index contributed by atoms with van der Waals surface area (Å²) in [6.07, 6.45) is 3.27. The summed E-state index contributed by atoms with van der Waals surface area (Å²) < 4.78 is 5.57. The van der Waals surface area contributed by atoms with E-state index in [0.717, 1.165) is 5.56 Å². The van der Waals surface area contributed by atoms with Crippen LogP contribution in [0.1, 0.15) is 27.7 Å². The van der Waals surface area contributed by atoms with Crippen molar-refractivity contribution in [3.05, 3.63) is 95.9 Å². The number of aliphatic hydroxyl groups excluding tert-OH is 1. The fourth-order valence-electron chi connectivity index (χ4n) is 4.16. The maximum Gasteiger partial charge on any atom is 0.261 e. The number of pyridine rings is 3. The fourth-order valence-corrected chi connectivity index (χ4v) is 4.16. The Hall–Kier alpha value is -5.16. The summed E-state index contributed by atoms with van der Waals surface area (Å²) >= 11 is 0. The van der Waals surface area contributed by atoms with Crippen LogP contribution in [-0.2, 0) is 6.54 Å². The molecule has 5 aromatic rings. The number of aromatic nitrogens is 5. The summed E-state index contributed by atoms with van der Waals surface area (Å²) in [5, 5.41) is 23.6. The lowest BCUT2D eigenvalue weighted by Gasteiger charge is -2.20. The number of anilines is 3. The van der Waals surface area contributed by atoms with Gasteiger partial charge < -0.3 is 25.6 Å². The summed E-state index contributed by atoms with van der Waals surface area (Å²) in [5.74, 6) is 1.51. The number of carbonyl (C=O) groups excluding carboxylic acids is 1. The minimum Gasteiger partial charge on any atom is -0.394 e. The number of hydrogen-bond acceptors (Lipinski definition) is 10. The zero-order valence-corrected chi connectivity index (χ0v) is 20.0. The molecule has 0 spiro atoms. The van der Waals surface area contributed by atoms with Crippen LogP contribution in [0, 0.1) is 0 Å². The van der Waals surface area contributed by atoms with Gasteiger partial charge in [-0.2, -0.15) is 4.98 Å². The molecule has 1 atom stereocenters. The van der Waals surface area contributed by atoms with Crippen LogP contribution in [0.2, 0.25) is 0 Å². The average molecular weight is 507 g/mol. The number of amides is 1. The minimum atomic E-state index is -0.404. The van der Waals surface area contributed by atoms with Crippen LogP contribution < -0.4 is 16.0 Å². The summed E-state index contributed by atoms with van der Waals surface area (Å²) in [6, 6.07) is 19.9. The SMILES string of the molecule is O=C1NCc2nc(Nc3cc(N[C@H](CO)c4ccccc4)c(-c4nc(-c5ccccn5)no4)cn3)ccc21. The highest BCUT2D eigenvalue weighted by Gasteiger charge is 2.22. The van der Waals surface area contributed by atoms with E-state index in [2.05, 4.69) is 41.0 Å². The lowest BCUT2D eigenvalue weighted by Crippen LogP contribution is -2.15. The molecule has 11 nitrogen and oxygen atoms in total. The van der Waals surface area contributed by atoms with Gasteiger partial charge in [-0.3, -0.25) is 9.78 Å². The van der Waals surface area contributed by atoms with E-state index in [4.69, 9.17) is 4.52 Å². The van der Waals surface area contributed by atoms with Crippen LogP contribution in [0.4, 0.5) is 17.3 Å². The third-order valence-electron chi connectivity index (χ3n) is 6.06. The predicted octanol–water partition coefficient (Wildman–Crippen LogP) is 3.72. The summed E-state index contributed by atoms with van der Waals surface area (Å²) in [7, 11) is 0. The quantitative estimate of drug-likeness (QED) is 0.245. The van der Waals surface area contributed by atoms with Crippen LogP contribution in [0.5, 0.6) is 0 Å². The van der Waals surface area contributed by atoms with Gasteiger partial charge in [-0.15, -0.1) is 0 Å². The van der Waals surface area contributed by atoms with Crippen LogP contribution in [0.3, 0.4) is 0 Å². The maximum absolute atomic E-state index is 11.9. The van der Waals surface area contributed by atoms with Gasteiger partial charge in [0.25, 0.3) is 11.8 Å².